The first-order chi connectivity index (χ1) is 9.26. The van der Waals surface area contributed by atoms with Crippen molar-refractivity contribution < 1.29 is 9.21 Å². The van der Waals surface area contributed by atoms with Gasteiger partial charge in [0.25, 0.3) is 0 Å². The van der Waals surface area contributed by atoms with Crippen LogP contribution in [0.5, 0.6) is 0 Å². The molecule has 0 amide bonds. The number of nitrogens with zero attached hydrogens (tertiary/aromatic N) is 2. The lowest BCUT2D eigenvalue weighted by Crippen LogP contribution is -1.93. The minimum Gasteiger partial charge on any atom is -0.453 e. The first kappa shape index (κ1) is 11.9. The van der Waals surface area contributed by atoms with Crippen molar-refractivity contribution in [3.63, 3.8) is 0 Å². The monoisotopic (exact) mass is 316 g/mol. The number of halogens is 1. The average Bonchev–Trinajstić information content (AvgIpc) is 3.07. The lowest BCUT2D eigenvalue weighted by Gasteiger charge is -2.02. The summed E-state index contributed by atoms with van der Waals surface area (Å²) >= 11 is 3.36. The number of carbonyl (C=O) groups is 1. The maximum atomic E-state index is 10.6. The van der Waals surface area contributed by atoms with Crippen molar-refractivity contribution in [3.8, 4) is 17.0 Å². The standard InChI is InChI=1S/C14H9BrN2O2/c15-11-7-16-17(8-11)12-3-1-10(2-4-12)14-6-5-13(9-18)19-14/h1-9H. The van der Waals surface area contributed by atoms with Crippen molar-refractivity contribution in [1.29, 1.82) is 0 Å². The quantitative estimate of drug-likeness (QED) is 0.692. The van der Waals surface area contributed by atoms with E-state index in [9.17, 15) is 4.79 Å². The Balaban J connectivity index is 1.92. The van der Waals surface area contributed by atoms with Crippen LogP contribution in [0.2, 0.25) is 0 Å². The molecule has 1 aromatic carbocycles. The van der Waals surface area contributed by atoms with Gasteiger partial charge in [-0.15, -0.1) is 0 Å². The number of aromatic nitrogens is 2. The molecule has 0 N–H and O–H groups in total. The predicted molar refractivity (Wildman–Crippen MR) is 74.4 cm³/mol. The SMILES string of the molecule is O=Cc1ccc(-c2ccc(-n3cc(Br)cn3)cc2)o1. The lowest BCUT2D eigenvalue weighted by molar-refractivity contribution is 0.110. The number of furan rings is 1. The molecule has 3 rings (SSSR count). The Morgan fingerprint density at radius 1 is 1.16 bits per heavy atom. The normalized spacial score (nSPS) is 10.6. The lowest BCUT2D eigenvalue weighted by atomic mass is 10.1. The van der Waals surface area contributed by atoms with Crippen LogP contribution in [-0.4, -0.2) is 16.1 Å². The summed E-state index contributed by atoms with van der Waals surface area (Å²) in [4.78, 5) is 10.6. The molecule has 19 heavy (non-hydrogen) atoms. The molecule has 0 bridgehead atoms. The second kappa shape index (κ2) is 4.85. The van der Waals surface area contributed by atoms with Crippen molar-refractivity contribution in [2.24, 2.45) is 0 Å². The summed E-state index contributed by atoms with van der Waals surface area (Å²) in [5.41, 5.74) is 1.87. The number of carbonyl (C=O) groups excluding carboxylic acids is 1. The molecule has 2 heterocycles. The molecule has 0 saturated heterocycles. The zero-order valence-corrected chi connectivity index (χ0v) is 11.4. The third kappa shape index (κ3) is 2.37. The van der Waals surface area contributed by atoms with Crippen molar-refractivity contribution in [2.75, 3.05) is 0 Å². The first-order valence-corrected chi connectivity index (χ1v) is 6.41. The van der Waals surface area contributed by atoms with Gasteiger partial charge in [-0.1, -0.05) is 0 Å². The van der Waals surface area contributed by atoms with Crippen LogP contribution < -0.4 is 0 Å². The number of aldehydes is 1. The Hall–Kier alpha value is -2.14. The van der Waals surface area contributed by atoms with Crippen molar-refractivity contribution in [1.82, 2.24) is 9.78 Å². The van der Waals surface area contributed by atoms with Crippen LogP contribution in [-0.2, 0) is 0 Å². The molecule has 0 saturated carbocycles. The summed E-state index contributed by atoms with van der Waals surface area (Å²) in [6.07, 6.45) is 4.31. The van der Waals surface area contributed by atoms with Gasteiger partial charge in [0.05, 0.1) is 16.4 Å². The Bertz CT molecular complexity index is 713. The molecule has 0 aliphatic carbocycles. The smallest absolute Gasteiger partial charge is 0.185 e. The van der Waals surface area contributed by atoms with E-state index in [1.165, 1.54) is 0 Å². The Kier molecular flexibility index (Phi) is 3.05. The van der Waals surface area contributed by atoms with E-state index >= 15 is 0 Å². The van der Waals surface area contributed by atoms with Crippen LogP contribution in [0.1, 0.15) is 10.6 Å². The van der Waals surface area contributed by atoms with Crippen LogP contribution in [0.25, 0.3) is 17.0 Å². The van der Waals surface area contributed by atoms with Gasteiger partial charge in [-0.25, -0.2) is 4.68 Å². The molecule has 2 aromatic heterocycles. The molecule has 5 heteroatoms. The number of hydrogen-bond acceptors (Lipinski definition) is 3. The minimum absolute atomic E-state index is 0.329. The summed E-state index contributed by atoms with van der Waals surface area (Å²) in [6, 6.07) is 11.2. The molecule has 0 aliphatic heterocycles. The molecule has 3 aromatic rings. The van der Waals surface area contributed by atoms with Crippen LogP contribution in [0.3, 0.4) is 0 Å². The van der Waals surface area contributed by atoms with E-state index in [4.69, 9.17) is 4.42 Å². The molecule has 0 atom stereocenters. The van der Waals surface area contributed by atoms with Crippen LogP contribution in [0.15, 0.2) is 57.7 Å². The maximum absolute atomic E-state index is 10.6. The van der Waals surface area contributed by atoms with E-state index in [0.29, 0.717) is 17.8 Å². The molecule has 0 unspecified atom stereocenters. The van der Waals surface area contributed by atoms with Gasteiger partial charge in [-0.05, 0) is 52.3 Å². The fraction of sp³-hybridized carbons (Fsp3) is 0. The molecule has 94 valence electrons. The van der Waals surface area contributed by atoms with Gasteiger partial charge in [0.2, 0.25) is 0 Å². The summed E-state index contributed by atoms with van der Waals surface area (Å²) in [6.45, 7) is 0. The zero-order valence-electron chi connectivity index (χ0n) is 9.79. The Morgan fingerprint density at radius 2 is 1.95 bits per heavy atom. The molecule has 4 nitrogen and oxygen atoms in total. The minimum atomic E-state index is 0.329. The Labute approximate surface area is 117 Å². The number of hydrogen-bond donors (Lipinski definition) is 0. The molecule has 0 spiro atoms. The van der Waals surface area contributed by atoms with E-state index < -0.39 is 0 Å². The largest absolute Gasteiger partial charge is 0.453 e. The average molecular weight is 317 g/mol. The fourth-order valence-corrected chi connectivity index (χ4v) is 2.08. The Morgan fingerprint density at radius 3 is 2.53 bits per heavy atom. The van der Waals surface area contributed by atoms with Crippen LogP contribution >= 0.6 is 15.9 Å². The zero-order chi connectivity index (χ0) is 13.2. The number of rotatable bonds is 3. The number of benzene rings is 1. The highest BCUT2D eigenvalue weighted by molar-refractivity contribution is 9.10. The topological polar surface area (TPSA) is 48.0 Å². The molecule has 0 radical (unpaired) electrons. The van der Waals surface area contributed by atoms with Crippen LogP contribution in [0, 0.1) is 0 Å². The van der Waals surface area contributed by atoms with Gasteiger partial charge in [-0.2, -0.15) is 5.10 Å². The van der Waals surface area contributed by atoms with Gasteiger partial charge >= 0.3 is 0 Å². The van der Waals surface area contributed by atoms with E-state index in [-0.39, 0.29) is 0 Å². The van der Waals surface area contributed by atoms with Gasteiger partial charge in [0.15, 0.2) is 12.0 Å². The van der Waals surface area contributed by atoms with E-state index in [1.807, 2.05) is 30.5 Å². The molecule has 0 fully saturated rings. The van der Waals surface area contributed by atoms with Gasteiger partial charge in [0, 0.05) is 11.8 Å². The van der Waals surface area contributed by atoms with Crippen LogP contribution in [0.4, 0.5) is 0 Å². The van der Waals surface area contributed by atoms with Crippen molar-refractivity contribution >= 4 is 22.2 Å². The van der Waals surface area contributed by atoms with Gasteiger partial charge in [0.1, 0.15) is 5.76 Å². The predicted octanol–water partition coefficient (Wildman–Crippen LogP) is 3.71. The van der Waals surface area contributed by atoms with Gasteiger partial charge in [-0.3, -0.25) is 4.79 Å². The summed E-state index contributed by atoms with van der Waals surface area (Å²) in [7, 11) is 0. The molecular formula is C14H9BrN2O2. The van der Waals surface area contributed by atoms with E-state index in [1.54, 1.807) is 23.0 Å². The maximum Gasteiger partial charge on any atom is 0.185 e. The second-order valence-electron chi connectivity index (χ2n) is 3.97. The summed E-state index contributed by atoms with van der Waals surface area (Å²) in [5.74, 6) is 1.00. The third-order valence-corrected chi connectivity index (χ3v) is 3.12. The van der Waals surface area contributed by atoms with Crippen molar-refractivity contribution in [3.05, 3.63) is 59.0 Å². The molecular weight excluding hydrogens is 308 g/mol. The highest BCUT2D eigenvalue weighted by Gasteiger charge is 2.05. The highest BCUT2D eigenvalue weighted by atomic mass is 79.9. The summed E-state index contributed by atoms with van der Waals surface area (Å²) in [5, 5.41) is 4.21. The fourth-order valence-electron chi connectivity index (χ4n) is 1.79. The third-order valence-electron chi connectivity index (χ3n) is 2.71. The van der Waals surface area contributed by atoms with E-state index in [2.05, 4.69) is 21.0 Å². The second-order valence-corrected chi connectivity index (χ2v) is 4.89. The highest BCUT2D eigenvalue weighted by Crippen LogP contribution is 2.23. The first-order valence-electron chi connectivity index (χ1n) is 5.62. The van der Waals surface area contributed by atoms with Crippen molar-refractivity contribution in [2.45, 2.75) is 0 Å². The van der Waals surface area contributed by atoms with E-state index in [0.717, 1.165) is 15.7 Å². The summed E-state index contributed by atoms with van der Waals surface area (Å²) < 4.78 is 8.07. The van der Waals surface area contributed by atoms with Gasteiger partial charge < -0.3 is 4.42 Å². The molecule has 0 aliphatic rings.